The summed E-state index contributed by atoms with van der Waals surface area (Å²) in [6, 6.07) is 8.94. The number of alkyl halides is 3. The van der Waals surface area contributed by atoms with Crippen molar-refractivity contribution in [3.05, 3.63) is 93.6 Å². The lowest BCUT2D eigenvalue weighted by Crippen LogP contribution is -2.35. The van der Waals surface area contributed by atoms with Crippen molar-refractivity contribution in [3.63, 3.8) is 0 Å². The van der Waals surface area contributed by atoms with E-state index in [0.717, 1.165) is 29.2 Å². The molecule has 3 aromatic rings. The third-order valence-electron chi connectivity index (χ3n) is 5.56. The highest BCUT2D eigenvalue weighted by Crippen LogP contribution is 2.29. The van der Waals surface area contributed by atoms with Gasteiger partial charge in [-0.1, -0.05) is 12.1 Å². The summed E-state index contributed by atoms with van der Waals surface area (Å²) in [4.78, 5) is 42.7. The van der Waals surface area contributed by atoms with Gasteiger partial charge in [-0.3, -0.25) is 9.59 Å². The quantitative estimate of drug-likeness (QED) is 0.250. The van der Waals surface area contributed by atoms with E-state index in [1.54, 1.807) is 20.8 Å². The van der Waals surface area contributed by atoms with Gasteiger partial charge in [0, 0.05) is 23.4 Å². The van der Waals surface area contributed by atoms with Crippen LogP contribution in [0.1, 0.15) is 60.5 Å². The molecule has 1 amide bonds. The van der Waals surface area contributed by atoms with E-state index in [-0.39, 0.29) is 30.0 Å². The van der Waals surface area contributed by atoms with Crippen molar-refractivity contribution in [2.45, 2.75) is 33.5 Å². The molecule has 0 aliphatic rings. The molecule has 36 heavy (non-hydrogen) atoms. The molecule has 0 saturated carbocycles. The number of Topliss-reactive ketones (excluding diaryl/α,β-unsaturated/α-hetero) is 1. The Labute approximate surface area is 204 Å². The molecule has 0 aliphatic carbocycles. The number of ketones is 1. The van der Waals surface area contributed by atoms with Gasteiger partial charge in [-0.25, -0.2) is 9.18 Å². The van der Waals surface area contributed by atoms with Crippen LogP contribution in [0.2, 0.25) is 0 Å². The molecule has 0 radical (unpaired) electrons. The van der Waals surface area contributed by atoms with E-state index in [2.05, 4.69) is 4.98 Å². The van der Waals surface area contributed by atoms with Gasteiger partial charge in [0.05, 0.1) is 18.7 Å². The SMILES string of the molecule is CCOC(=O)c1[nH]c(C)c(C(=O)CN(Cc2ccc(F)cc2)C(=O)c2ccc(C(F)(F)F)cc2)c1C. The monoisotopic (exact) mass is 504 g/mol. The molecule has 1 N–H and O–H groups in total. The maximum Gasteiger partial charge on any atom is 0.416 e. The molecular formula is C26H24F4N2O4. The van der Waals surface area contributed by atoms with E-state index in [1.807, 2.05) is 0 Å². The number of ether oxygens (including phenoxy) is 1. The van der Waals surface area contributed by atoms with Crippen molar-refractivity contribution in [2.24, 2.45) is 0 Å². The molecule has 6 nitrogen and oxygen atoms in total. The molecule has 0 saturated heterocycles. The number of esters is 1. The highest BCUT2D eigenvalue weighted by molar-refractivity contribution is 6.05. The number of hydrogen-bond donors (Lipinski definition) is 1. The number of aromatic amines is 1. The molecule has 0 unspecified atom stereocenters. The molecule has 10 heteroatoms. The Bertz CT molecular complexity index is 1260. The molecule has 0 spiro atoms. The number of benzene rings is 2. The lowest BCUT2D eigenvalue weighted by molar-refractivity contribution is -0.137. The van der Waals surface area contributed by atoms with Crippen LogP contribution in [0.25, 0.3) is 0 Å². The van der Waals surface area contributed by atoms with E-state index < -0.39 is 41.8 Å². The Morgan fingerprint density at radius 1 is 0.972 bits per heavy atom. The van der Waals surface area contributed by atoms with Crippen LogP contribution in [-0.2, 0) is 17.5 Å². The van der Waals surface area contributed by atoms with Crippen molar-refractivity contribution in [1.29, 1.82) is 0 Å². The maximum atomic E-state index is 13.4. The van der Waals surface area contributed by atoms with Crippen molar-refractivity contribution >= 4 is 17.7 Å². The number of aromatic nitrogens is 1. The first-order chi connectivity index (χ1) is 16.9. The van der Waals surface area contributed by atoms with Gasteiger partial charge < -0.3 is 14.6 Å². The second-order valence-corrected chi connectivity index (χ2v) is 8.13. The highest BCUT2D eigenvalue weighted by Gasteiger charge is 2.31. The molecule has 0 atom stereocenters. The van der Waals surface area contributed by atoms with Crippen LogP contribution in [-0.4, -0.2) is 40.7 Å². The summed E-state index contributed by atoms with van der Waals surface area (Å²) in [6.07, 6.45) is -4.56. The summed E-state index contributed by atoms with van der Waals surface area (Å²) in [5, 5.41) is 0. The summed E-state index contributed by atoms with van der Waals surface area (Å²) >= 11 is 0. The number of H-pyrrole nitrogens is 1. The number of carbonyl (C=O) groups excluding carboxylic acids is 3. The zero-order valence-corrected chi connectivity index (χ0v) is 19.8. The van der Waals surface area contributed by atoms with E-state index >= 15 is 0 Å². The van der Waals surface area contributed by atoms with Crippen LogP contribution < -0.4 is 0 Å². The smallest absolute Gasteiger partial charge is 0.416 e. The van der Waals surface area contributed by atoms with Crippen LogP contribution in [0.15, 0.2) is 48.5 Å². The van der Waals surface area contributed by atoms with Crippen molar-refractivity contribution in [2.75, 3.05) is 13.2 Å². The minimum Gasteiger partial charge on any atom is -0.461 e. The Morgan fingerprint density at radius 2 is 1.58 bits per heavy atom. The van der Waals surface area contributed by atoms with Gasteiger partial charge in [-0.2, -0.15) is 13.2 Å². The lowest BCUT2D eigenvalue weighted by Gasteiger charge is -2.23. The number of aryl methyl sites for hydroxylation is 1. The Morgan fingerprint density at radius 3 is 2.14 bits per heavy atom. The largest absolute Gasteiger partial charge is 0.461 e. The van der Waals surface area contributed by atoms with Crippen molar-refractivity contribution in [3.8, 4) is 0 Å². The van der Waals surface area contributed by atoms with Gasteiger partial charge in [-0.15, -0.1) is 0 Å². The minimum atomic E-state index is -4.56. The topological polar surface area (TPSA) is 79.5 Å². The van der Waals surface area contributed by atoms with Gasteiger partial charge in [0.25, 0.3) is 5.91 Å². The highest BCUT2D eigenvalue weighted by atomic mass is 19.4. The fraction of sp³-hybridized carbons (Fsp3) is 0.269. The Balaban J connectivity index is 1.93. The van der Waals surface area contributed by atoms with Crippen LogP contribution in [0.5, 0.6) is 0 Å². The molecule has 1 heterocycles. The molecule has 3 rings (SSSR count). The first-order valence-corrected chi connectivity index (χ1v) is 11.0. The van der Waals surface area contributed by atoms with Crippen molar-refractivity contribution < 1.29 is 36.7 Å². The average Bonchev–Trinajstić information content (AvgIpc) is 3.13. The number of rotatable bonds is 8. The molecule has 0 bridgehead atoms. The second-order valence-electron chi connectivity index (χ2n) is 8.13. The zero-order valence-electron chi connectivity index (χ0n) is 19.8. The molecule has 2 aromatic carbocycles. The molecular weight excluding hydrogens is 480 g/mol. The van der Waals surface area contributed by atoms with E-state index in [4.69, 9.17) is 4.74 Å². The Hall–Kier alpha value is -3.95. The fourth-order valence-corrected chi connectivity index (χ4v) is 3.82. The second kappa shape index (κ2) is 10.8. The van der Waals surface area contributed by atoms with Gasteiger partial charge in [0.2, 0.25) is 0 Å². The van der Waals surface area contributed by atoms with Crippen LogP contribution in [0.4, 0.5) is 17.6 Å². The number of halogens is 4. The van der Waals surface area contributed by atoms with Crippen LogP contribution in [0.3, 0.4) is 0 Å². The first-order valence-electron chi connectivity index (χ1n) is 11.0. The first kappa shape index (κ1) is 26.7. The number of nitrogens with one attached hydrogen (secondary N) is 1. The molecule has 1 aromatic heterocycles. The third-order valence-corrected chi connectivity index (χ3v) is 5.56. The predicted molar refractivity (Wildman–Crippen MR) is 123 cm³/mol. The number of amides is 1. The standard InChI is InChI=1S/C26H24F4N2O4/c1-4-36-25(35)23-15(2)22(16(3)31-23)21(33)14-32(13-17-5-11-20(27)12-6-17)24(34)18-7-9-19(10-8-18)26(28,29)30/h5-12,31H,4,13-14H2,1-3H3. The summed E-state index contributed by atoms with van der Waals surface area (Å²) in [5.41, 5.74) is 0.653. The Kier molecular flexibility index (Phi) is 7.96. The van der Waals surface area contributed by atoms with Crippen LogP contribution in [0, 0.1) is 19.7 Å². The van der Waals surface area contributed by atoms with Gasteiger partial charge in [0.15, 0.2) is 5.78 Å². The van der Waals surface area contributed by atoms with E-state index in [9.17, 15) is 31.9 Å². The fourth-order valence-electron chi connectivity index (χ4n) is 3.82. The van der Waals surface area contributed by atoms with Gasteiger partial charge in [-0.05, 0) is 68.3 Å². The summed E-state index contributed by atoms with van der Waals surface area (Å²) in [7, 11) is 0. The number of nitrogens with zero attached hydrogens (tertiary/aromatic N) is 1. The van der Waals surface area contributed by atoms with Gasteiger partial charge >= 0.3 is 12.1 Å². The van der Waals surface area contributed by atoms with E-state index in [1.165, 1.54) is 24.3 Å². The summed E-state index contributed by atoms with van der Waals surface area (Å²) in [5.74, 6) is -2.28. The normalized spacial score (nSPS) is 11.3. The predicted octanol–water partition coefficient (Wildman–Crippen LogP) is 5.49. The van der Waals surface area contributed by atoms with Crippen LogP contribution >= 0.6 is 0 Å². The maximum absolute atomic E-state index is 13.4. The number of carbonyl (C=O) groups is 3. The van der Waals surface area contributed by atoms with E-state index in [0.29, 0.717) is 16.8 Å². The molecule has 190 valence electrons. The zero-order chi connectivity index (χ0) is 26.6. The minimum absolute atomic E-state index is 0.0485. The average molecular weight is 504 g/mol. The third kappa shape index (κ3) is 5.99. The molecule has 0 fully saturated rings. The lowest BCUT2D eigenvalue weighted by atomic mass is 10.0. The summed E-state index contributed by atoms with van der Waals surface area (Å²) in [6.45, 7) is 4.44. The summed E-state index contributed by atoms with van der Waals surface area (Å²) < 4.78 is 57.2. The van der Waals surface area contributed by atoms with Crippen molar-refractivity contribution in [1.82, 2.24) is 9.88 Å². The van der Waals surface area contributed by atoms with Gasteiger partial charge in [0.1, 0.15) is 11.5 Å². The molecule has 0 aliphatic heterocycles. The number of hydrogen-bond acceptors (Lipinski definition) is 4.